The standard InChI is InChI=1S/C11H20O3S2/c1-2-15-6-3-7-16(14)9-11(4-5-11)8-10(12)13/h2-9H2,1H3,(H,12,13). The van der Waals surface area contributed by atoms with Crippen molar-refractivity contribution < 1.29 is 14.1 Å². The molecule has 1 unspecified atom stereocenters. The van der Waals surface area contributed by atoms with Crippen LogP contribution in [-0.4, -0.2) is 38.3 Å². The molecule has 1 fully saturated rings. The van der Waals surface area contributed by atoms with Crippen molar-refractivity contribution in [2.45, 2.75) is 32.6 Å². The van der Waals surface area contributed by atoms with Crippen LogP contribution in [0.4, 0.5) is 0 Å². The molecule has 0 aromatic rings. The van der Waals surface area contributed by atoms with Crippen molar-refractivity contribution in [3.05, 3.63) is 0 Å². The van der Waals surface area contributed by atoms with E-state index in [1.807, 2.05) is 11.8 Å². The summed E-state index contributed by atoms with van der Waals surface area (Å²) in [5.41, 5.74) is -0.116. The van der Waals surface area contributed by atoms with Gasteiger partial charge in [0.05, 0.1) is 6.42 Å². The topological polar surface area (TPSA) is 54.4 Å². The molecule has 0 heterocycles. The Hall–Kier alpha value is -0.0300. The lowest BCUT2D eigenvalue weighted by atomic mass is 10.1. The average Bonchev–Trinajstić information content (AvgIpc) is 2.91. The van der Waals surface area contributed by atoms with E-state index in [0.29, 0.717) is 5.75 Å². The van der Waals surface area contributed by atoms with E-state index in [4.69, 9.17) is 5.11 Å². The molecule has 0 amide bonds. The summed E-state index contributed by atoms with van der Waals surface area (Å²) >= 11 is 1.87. The summed E-state index contributed by atoms with van der Waals surface area (Å²) in [7, 11) is -0.824. The maximum Gasteiger partial charge on any atom is 0.303 e. The molecule has 0 bridgehead atoms. The zero-order valence-corrected chi connectivity index (χ0v) is 11.4. The quantitative estimate of drug-likeness (QED) is 0.648. The molecule has 0 aliphatic heterocycles. The fourth-order valence-electron chi connectivity index (χ4n) is 1.75. The van der Waals surface area contributed by atoms with E-state index >= 15 is 0 Å². The number of hydrogen-bond acceptors (Lipinski definition) is 3. The summed E-state index contributed by atoms with van der Waals surface area (Å²) in [6.45, 7) is 2.12. The van der Waals surface area contributed by atoms with Gasteiger partial charge in [0, 0.05) is 22.3 Å². The minimum Gasteiger partial charge on any atom is -0.481 e. The van der Waals surface area contributed by atoms with Crippen LogP contribution in [0.2, 0.25) is 0 Å². The van der Waals surface area contributed by atoms with Gasteiger partial charge in [-0.15, -0.1) is 0 Å². The van der Waals surface area contributed by atoms with E-state index in [1.54, 1.807) is 0 Å². The van der Waals surface area contributed by atoms with Crippen molar-refractivity contribution in [1.29, 1.82) is 0 Å². The third-order valence-electron chi connectivity index (χ3n) is 2.82. The summed E-state index contributed by atoms with van der Waals surface area (Å²) < 4.78 is 11.8. The van der Waals surface area contributed by atoms with Gasteiger partial charge in [-0.2, -0.15) is 11.8 Å². The monoisotopic (exact) mass is 264 g/mol. The van der Waals surface area contributed by atoms with Crippen LogP contribution in [0.1, 0.15) is 32.6 Å². The van der Waals surface area contributed by atoms with Crippen molar-refractivity contribution >= 4 is 28.5 Å². The summed E-state index contributed by atoms with van der Waals surface area (Å²) in [6.07, 6.45) is 3.06. The SMILES string of the molecule is CCSCCCS(=O)CC1(CC(=O)O)CC1. The van der Waals surface area contributed by atoms with E-state index in [-0.39, 0.29) is 11.8 Å². The van der Waals surface area contributed by atoms with Gasteiger partial charge in [0.1, 0.15) is 0 Å². The molecule has 1 atom stereocenters. The lowest BCUT2D eigenvalue weighted by Gasteiger charge is -2.11. The van der Waals surface area contributed by atoms with Gasteiger partial charge in [0.15, 0.2) is 0 Å². The van der Waals surface area contributed by atoms with Crippen LogP contribution in [-0.2, 0) is 15.6 Å². The predicted molar refractivity (Wildman–Crippen MR) is 69.4 cm³/mol. The Bertz CT molecular complexity index is 262. The first-order chi connectivity index (χ1) is 7.58. The molecule has 5 heteroatoms. The molecular formula is C11H20O3S2. The van der Waals surface area contributed by atoms with E-state index in [0.717, 1.165) is 36.5 Å². The van der Waals surface area contributed by atoms with Crippen molar-refractivity contribution in [1.82, 2.24) is 0 Å². The number of rotatable bonds is 9. The lowest BCUT2D eigenvalue weighted by Crippen LogP contribution is -2.18. The van der Waals surface area contributed by atoms with Gasteiger partial charge in [0.2, 0.25) is 0 Å². The van der Waals surface area contributed by atoms with Gasteiger partial charge in [-0.25, -0.2) is 0 Å². The largest absolute Gasteiger partial charge is 0.481 e. The van der Waals surface area contributed by atoms with Crippen LogP contribution in [0.25, 0.3) is 0 Å². The van der Waals surface area contributed by atoms with Crippen molar-refractivity contribution in [3.8, 4) is 0 Å². The minimum absolute atomic E-state index is 0.116. The summed E-state index contributed by atoms with van der Waals surface area (Å²) in [5.74, 6) is 2.74. The van der Waals surface area contributed by atoms with Gasteiger partial charge in [-0.1, -0.05) is 6.92 Å². The van der Waals surface area contributed by atoms with Gasteiger partial charge in [-0.05, 0) is 36.2 Å². The lowest BCUT2D eigenvalue weighted by molar-refractivity contribution is -0.138. The van der Waals surface area contributed by atoms with E-state index < -0.39 is 16.8 Å². The Morgan fingerprint density at radius 1 is 1.50 bits per heavy atom. The molecule has 0 radical (unpaired) electrons. The first-order valence-corrected chi connectivity index (χ1v) is 8.37. The van der Waals surface area contributed by atoms with Crippen molar-refractivity contribution in [3.63, 3.8) is 0 Å². The zero-order chi connectivity index (χ0) is 12.0. The molecular weight excluding hydrogens is 244 g/mol. The Balaban J connectivity index is 2.16. The summed E-state index contributed by atoms with van der Waals surface area (Å²) in [6, 6.07) is 0. The number of carbonyl (C=O) groups is 1. The smallest absolute Gasteiger partial charge is 0.303 e. The van der Waals surface area contributed by atoms with E-state index in [2.05, 4.69) is 6.92 Å². The predicted octanol–water partition coefficient (Wildman–Crippen LogP) is 2.13. The van der Waals surface area contributed by atoms with Crippen LogP contribution >= 0.6 is 11.8 Å². The molecule has 1 saturated carbocycles. The Morgan fingerprint density at radius 2 is 2.19 bits per heavy atom. The molecule has 16 heavy (non-hydrogen) atoms. The molecule has 1 rings (SSSR count). The van der Waals surface area contributed by atoms with Crippen LogP contribution in [0.3, 0.4) is 0 Å². The van der Waals surface area contributed by atoms with Crippen LogP contribution in [0.15, 0.2) is 0 Å². The van der Waals surface area contributed by atoms with Gasteiger partial charge >= 0.3 is 5.97 Å². The van der Waals surface area contributed by atoms with E-state index in [1.165, 1.54) is 0 Å². The van der Waals surface area contributed by atoms with Gasteiger partial charge in [-0.3, -0.25) is 9.00 Å². The maximum absolute atomic E-state index is 11.8. The Morgan fingerprint density at radius 3 is 2.69 bits per heavy atom. The molecule has 0 aromatic carbocycles. The zero-order valence-electron chi connectivity index (χ0n) is 9.74. The highest BCUT2D eigenvalue weighted by atomic mass is 32.2. The molecule has 1 aliphatic carbocycles. The third-order valence-corrected chi connectivity index (χ3v) is 5.48. The summed E-state index contributed by atoms with van der Waals surface area (Å²) in [5, 5.41) is 8.75. The summed E-state index contributed by atoms with van der Waals surface area (Å²) in [4.78, 5) is 10.6. The number of carboxylic acid groups (broad SMARTS) is 1. The second-order valence-electron chi connectivity index (χ2n) is 4.41. The van der Waals surface area contributed by atoms with Crippen molar-refractivity contribution in [2.75, 3.05) is 23.0 Å². The second kappa shape index (κ2) is 6.64. The van der Waals surface area contributed by atoms with Crippen LogP contribution in [0.5, 0.6) is 0 Å². The van der Waals surface area contributed by atoms with Gasteiger partial charge in [0.25, 0.3) is 0 Å². The van der Waals surface area contributed by atoms with Gasteiger partial charge < -0.3 is 5.11 Å². The van der Waals surface area contributed by atoms with Crippen LogP contribution < -0.4 is 0 Å². The average molecular weight is 264 g/mol. The molecule has 1 N–H and O–H groups in total. The van der Waals surface area contributed by atoms with Crippen LogP contribution in [0, 0.1) is 5.41 Å². The first-order valence-electron chi connectivity index (χ1n) is 5.72. The fraction of sp³-hybridized carbons (Fsp3) is 0.909. The molecule has 94 valence electrons. The number of carboxylic acids is 1. The minimum atomic E-state index is -0.824. The number of aliphatic carboxylic acids is 1. The maximum atomic E-state index is 11.8. The highest BCUT2D eigenvalue weighted by Crippen LogP contribution is 2.49. The highest BCUT2D eigenvalue weighted by molar-refractivity contribution is 7.99. The van der Waals surface area contributed by atoms with E-state index in [9.17, 15) is 9.00 Å². The Labute approximate surface area is 104 Å². The molecule has 0 spiro atoms. The Kier molecular flexibility index (Phi) is 5.83. The third kappa shape index (κ3) is 5.34. The second-order valence-corrected chi connectivity index (χ2v) is 7.38. The first kappa shape index (κ1) is 14.0. The normalized spacial score (nSPS) is 19.3. The molecule has 0 saturated heterocycles. The van der Waals surface area contributed by atoms with Crippen molar-refractivity contribution in [2.24, 2.45) is 5.41 Å². The molecule has 0 aromatic heterocycles. The fourth-order valence-corrected chi connectivity index (χ4v) is 4.25. The number of thioether (sulfide) groups is 1. The highest BCUT2D eigenvalue weighted by Gasteiger charge is 2.45. The molecule has 3 nitrogen and oxygen atoms in total. The molecule has 1 aliphatic rings. The number of hydrogen-bond donors (Lipinski definition) is 1.